The molecule has 0 heterocycles. The lowest BCUT2D eigenvalue weighted by molar-refractivity contribution is 0.112. The Morgan fingerprint density at radius 3 is 1.83 bits per heavy atom. The lowest BCUT2D eigenvalue weighted by atomic mass is 9.88. The molecule has 0 saturated carbocycles. The van der Waals surface area contributed by atoms with Gasteiger partial charge in [0.2, 0.25) is 0 Å². The van der Waals surface area contributed by atoms with Crippen molar-refractivity contribution in [3.63, 3.8) is 0 Å². The van der Waals surface area contributed by atoms with Crippen molar-refractivity contribution in [2.75, 3.05) is 0 Å². The summed E-state index contributed by atoms with van der Waals surface area (Å²) >= 11 is 3.67. The molecule has 0 aromatic heterocycles. The van der Waals surface area contributed by atoms with Gasteiger partial charge in [0.15, 0.2) is 6.29 Å². The highest BCUT2D eigenvalue weighted by molar-refractivity contribution is 9.10. The van der Waals surface area contributed by atoms with Crippen LogP contribution in [-0.2, 0) is 0 Å². The number of aldehydes is 1. The van der Waals surface area contributed by atoms with Crippen molar-refractivity contribution in [2.45, 2.75) is 0 Å². The number of fused-ring (bicyclic) bond motifs is 2. The average Bonchev–Trinajstić information content (AvgIpc) is 2.60. The highest BCUT2D eigenvalue weighted by Gasteiger charge is 2.14. The molecule has 0 saturated heterocycles. The predicted octanol–water partition coefficient (Wildman–Crippen LogP) is 6.31. The maximum Gasteiger partial charge on any atom is 0.150 e. The molecule has 0 aliphatic rings. The van der Waals surface area contributed by atoms with E-state index in [1.807, 2.05) is 18.2 Å². The van der Waals surface area contributed by atoms with Crippen molar-refractivity contribution in [2.24, 2.45) is 0 Å². The van der Waals surface area contributed by atoms with E-state index in [1.54, 1.807) is 0 Å². The molecule has 0 spiro atoms. The Morgan fingerprint density at radius 1 is 0.609 bits per heavy atom. The van der Waals surface area contributed by atoms with E-state index in [-0.39, 0.29) is 0 Å². The molecule has 108 valence electrons. The van der Waals surface area contributed by atoms with Crippen LogP contribution < -0.4 is 0 Å². The molecular weight excluding hydrogens is 348 g/mol. The van der Waals surface area contributed by atoms with Crippen LogP contribution >= 0.6 is 15.9 Å². The van der Waals surface area contributed by atoms with Gasteiger partial charge >= 0.3 is 0 Å². The standard InChI is InChI=1S/C21H11BrO/c22-19-10-9-17-14-4-1-3-13-12(11-23)7-8-16(20(13)14)15-5-2-6-18(19)21(15)17/h1-11H. The summed E-state index contributed by atoms with van der Waals surface area (Å²) in [5, 5.41) is 9.59. The van der Waals surface area contributed by atoms with E-state index >= 15 is 0 Å². The molecule has 23 heavy (non-hydrogen) atoms. The van der Waals surface area contributed by atoms with Crippen LogP contribution in [0.5, 0.6) is 0 Å². The third-order valence-electron chi connectivity index (χ3n) is 4.77. The van der Waals surface area contributed by atoms with Gasteiger partial charge in [0, 0.05) is 10.0 Å². The molecule has 2 heteroatoms. The fraction of sp³-hybridized carbons (Fsp3) is 0. The van der Waals surface area contributed by atoms with Crippen LogP contribution in [0.1, 0.15) is 10.4 Å². The van der Waals surface area contributed by atoms with Gasteiger partial charge in [-0.15, -0.1) is 0 Å². The summed E-state index contributed by atoms with van der Waals surface area (Å²) in [5.41, 5.74) is 0.748. The molecule has 5 aromatic rings. The van der Waals surface area contributed by atoms with Crippen LogP contribution in [0.3, 0.4) is 0 Å². The summed E-state index contributed by atoms with van der Waals surface area (Å²) < 4.78 is 1.11. The molecule has 5 aromatic carbocycles. The molecule has 0 bridgehead atoms. The van der Waals surface area contributed by atoms with Gasteiger partial charge in [-0.2, -0.15) is 0 Å². The second-order valence-corrected chi connectivity index (χ2v) is 6.73. The van der Waals surface area contributed by atoms with Crippen LogP contribution in [0.4, 0.5) is 0 Å². The van der Waals surface area contributed by atoms with Gasteiger partial charge in [-0.3, -0.25) is 4.79 Å². The molecule has 0 aliphatic heterocycles. The van der Waals surface area contributed by atoms with Gasteiger partial charge < -0.3 is 0 Å². The normalized spacial score (nSPS) is 11.9. The number of carbonyl (C=O) groups excluding carboxylic acids is 1. The number of benzene rings is 5. The fourth-order valence-corrected chi connectivity index (χ4v) is 4.26. The van der Waals surface area contributed by atoms with Gasteiger partial charge in [0.1, 0.15) is 0 Å². The van der Waals surface area contributed by atoms with E-state index in [4.69, 9.17) is 0 Å². The van der Waals surface area contributed by atoms with Gasteiger partial charge in [-0.25, -0.2) is 0 Å². The van der Waals surface area contributed by atoms with Crippen LogP contribution in [0, 0.1) is 0 Å². The molecule has 1 nitrogen and oxygen atoms in total. The lowest BCUT2D eigenvalue weighted by Gasteiger charge is -2.15. The van der Waals surface area contributed by atoms with Crippen LogP contribution in [0.2, 0.25) is 0 Å². The first-order valence-corrected chi connectivity index (χ1v) is 8.32. The van der Waals surface area contributed by atoms with E-state index in [1.165, 1.54) is 37.7 Å². The summed E-state index contributed by atoms with van der Waals surface area (Å²) in [6.07, 6.45) is 0.945. The highest BCUT2D eigenvalue weighted by atomic mass is 79.9. The Hall–Kier alpha value is -2.45. The zero-order valence-corrected chi connectivity index (χ0v) is 13.7. The highest BCUT2D eigenvalue weighted by Crippen LogP contribution is 2.42. The minimum absolute atomic E-state index is 0.748. The lowest BCUT2D eigenvalue weighted by Crippen LogP contribution is -1.90. The fourth-order valence-electron chi connectivity index (χ4n) is 3.80. The molecule has 0 atom stereocenters. The van der Waals surface area contributed by atoms with Crippen molar-refractivity contribution < 1.29 is 4.79 Å². The van der Waals surface area contributed by atoms with Gasteiger partial charge in [0.25, 0.3) is 0 Å². The number of rotatable bonds is 1. The van der Waals surface area contributed by atoms with Crippen molar-refractivity contribution in [3.8, 4) is 0 Å². The minimum Gasteiger partial charge on any atom is -0.298 e. The Morgan fingerprint density at radius 2 is 1.13 bits per heavy atom. The molecule has 5 rings (SSSR count). The molecule has 0 fully saturated rings. The number of halogens is 1. The van der Waals surface area contributed by atoms with Crippen LogP contribution in [0.15, 0.2) is 65.1 Å². The van der Waals surface area contributed by atoms with E-state index < -0.39 is 0 Å². The first-order chi connectivity index (χ1) is 11.3. The Bertz CT molecular complexity index is 1220. The smallest absolute Gasteiger partial charge is 0.150 e. The van der Waals surface area contributed by atoms with Gasteiger partial charge in [-0.05, 0) is 49.2 Å². The second kappa shape index (κ2) is 4.53. The zero-order valence-electron chi connectivity index (χ0n) is 12.1. The Kier molecular flexibility index (Phi) is 2.56. The van der Waals surface area contributed by atoms with Crippen molar-refractivity contribution >= 4 is 65.3 Å². The van der Waals surface area contributed by atoms with E-state index in [9.17, 15) is 4.79 Å². The van der Waals surface area contributed by atoms with E-state index in [2.05, 4.69) is 58.4 Å². The van der Waals surface area contributed by atoms with Gasteiger partial charge in [0.05, 0.1) is 0 Å². The quantitative estimate of drug-likeness (QED) is 0.195. The maximum atomic E-state index is 11.4. The monoisotopic (exact) mass is 358 g/mol. The summed E-state index contributed by atoms with van der Waals surface area (Å²) in [6, 6.07) is 20.9. The molecule has 0 unspecified atom stereocenters. The molecular formula is C21H11BrO. The summed E-state index contributed by atoms with van der Waals surface area (Å²) in [6.45, 7) is 0. The van der Waals surface area contributed by atoms with E-state index in [0.717, 1.165) is 21.7 Å². The number of hydrogen-bond donors (Lipinski definition) is 0. The van der Waals surface area contributed by atoms with Crippen LogP contribution in [0.25, 0.3) is 43.1 Å². The molecule has 0 aliphatic carbocycles. The van der Waals surface area contributed by atoms with Crippen molar-refractivity contribution in [3.05, 3.63) is 70.7 Å². The third-order valence-corrected chi connectivity index (χ3v) is 5.46. The third kappa shape index (κ3) is 1.59. The topological polar surface area (TPSA) is 17.1 Å². The first kappa shape index (κ1) is 13.0. The van der Waals surface area contributed by atoms with Crippen molar-refractivity contribution in [1.82, 2.24) is 0 Å². The Balaban J connectivity index is 2.24. The number of hydrogen-bond acceptors (Lipinski definition) is 1. The predicted molar refractivity (Wildman–Crippen MR) is 101 cm³/mol. The summed E-state index contributed by atoms with van der Waals surface area (Å²) in [5.74, 6) is 0. The SMILES string of the molecule is O=Cc1ccc2c3cccc4c(Br)ccc(c5cccc1c52)c43. The summed E-state index contributed by atoms with van der Waals surface area (Å²) in [4.78, 5) is 11.4. The molecule has 0 radical (unpaired) electrons. The Labute approximate surface area is 141 Å². The zero-order chi connectivity index (χ0) is 15.6. The van der Waals surface area contributed by atoms with E-state index in [0.29, 0.717) is 0 Å². The van der Waals surface area contributed by atoms with Gasteiger partial charge in [-0.1, -0.05) is 70.5 Å². The maximum absolute atomic E-state index is 11.4. The molecule has 0 amide bonds. The van der Waals surface area contributed by atoms with Crippen molar-refractivity contribution in [1.29, 1.82) is 0 Å². The molecule has 0 N–H and O–H groups in total. The summed E-state index contributed by atoms with van der Waals surface area (Å²) in [7, 11) is 0. The minimum atomic E-state index is 0.748. The van der Waals surface area contributed by atoms with Crippen LogP contribution in [-0.4, -0.2) is 6.29 Å². The first-order valence-electron chi connectivity index (χ1n) is 7.52. The number of carbonyl (C=O) groups is 1. The largest absolute Gasteiger partial charge is 0.298 e. The average molecular weight is 359 g/mol. The second-order valence-electron chi connectivity index (χ2n) is 5.87.